The van der Waals surface area contributed by atoms with Crippen molar-refractivity contribution >= 4 is 5.91 Å². The van der Waals surface area contributed by atoms with Gasteiger partial charge >= 0.3 is 0 Å². The van der Waals surface area contributed by atoms with Crippen LogP contribution in [0.3, 0.4) is 0 Å². The van der Waals surface area contributed by atoms with E-state index in [9.17, 15) is 4.79 Å². The fourth-order valence-electron chi connectivity index (χ4n) is 1.60. The van der Waals surface area contributed by atoms with Crippen LogP contribution < -0.4 is 10.6 Å². The molecule has 0 saturated heterocycles. The van der Waals surface area contributed by atoms with E-state index in [1.54, 1.807) is 0 Å². The van der Waals surface area contributed by atoms with Crippen molar-refractivity contribution in [2.24, 2.45) is 5.92 Å². The minimum absolute atomic E-state index is 0.137. The van der Waals surface area contributed by atoms with Gasteiger partial charge in [0.25, 0.3) is 0 Å². The van der Waals surface area contributed by atoms with Crippen LogP contribution in [0.4, 0.5) is 0 Å². The Kier molecular flexibility index (Phi) is 4.39. The summed E-state index contributed by atoms with van der Waals surface area (Å²) < 4.78 is 0. The van der Waals surface area contributed by atoms with Gasteiger partial charge in [0.15, 0.2) is 0 Å². The van der Waals surface area contributed by atoms with E-state index in [-0.39, 0.29) is 5.91 Å². The van der Waals surface area contributed by atoms with Gasteiger partial charge in [-0.3, -0.25) is 4.79 Å². The molecule has 0 aliphatic heterocycles. The number of hydrogen-bond donors (Lipinski definition) is 2. The molecule has 2 N–H and O–H groups in total. The highest BCUT2D eigenvalue weighted by molar-refractivity contribution is 5.78. The van der Waals surface area contributed by atoms with Crippen molar-refractivity contribution in [3.05, 3.63) is 0 Å². The van der Waals surface area contributed by atoms with Crippen molar-refractivity contribution in [1.82, 2.24) is 10.6 Å². The number of nitrogens with one attached hydrogen (secondary N) is 2. The molecule has 1 saturated carbocycles. The number of rotatable bonds is 6. The summed E-state index contributed by atoms with van der Waals surface area (Å²) in [5.74, 6) is 0.897. The Bertz CT molecular complexity index is 190. The van der Waals surface area contributed by atoms with Crippen LogP contribution >= 0.6 is 0 Å². The minimum atomic E-state index is 0.137. The van der Waals surface area contributed by atoms with Gasteiger partial charge in [-0.05, 0) is 25.2 Å². The molecular formula is C11H22N2O. The molecule has 3 nitrogen and oxygen atoms in total. The lowest BCUT2D eigenvalue weighted by Crippen LogP contribution is -2.40. The third-order valence-electron chi connectivity index (χ3n) is 2.98. The molecule has 0 aromatic heterocycles. The molecule has 0 aromatic carbocycles. The number of hydrogen-bond acceptors (Lipinski definition) is 2. The van der Waals surface area contributed by atoms with Crippen LogP contribution in [0.15, 0.2) is 0 Å². The molecule has 1 aliphatic carbocycles. The van der Waals surface area contributed by atoms with Crippen molar-refractivity contribution in [3.8, 4) is 0 Å². The highest BCUT2D eigenvalue weighted by Crippen LogP contribution is 2.28. The Hall–Kier alpha value is -0.570. The predicted molar refractivity (Wildman–Crippen MR) is 58.1 cm³/mol. The quantitative estimate of drug-likeness (QED) is 0.675. The molecule has 0 aromatic rings. The second-order valence-electron chi connectivity index (χ2n) is 4.28. The maximum absolute atomic E-state index is 11.4. The first kappa shape index (κ1) is 11.5. The van der Waals surface area contributed by atoms with Crippen LogP contribution in [0.5, 0.6) is 0 Å². The topological polar surface area (TPSA) is 41.1 Å². The fraction of sp³-hybridized carbons (Fsp3) is 0.909. The average molecular weight is 198 g/mol. The van der Waals surface area contributed by atoms with Gasteiger partial charge in [-0.1, -0.05) is 20.8 Å². The van der Waals surface area contributed by atoms with Gasteiger partial charge in [0.2, 0.25) is 5.91 Å². The maximum Gasteiger partial charge on any atom is 0.234 e. The van der Waals surface area contributed by atoms with Gasteiger partial charge in [0, 0.05) is 12.1 Å². The van der Waals surface area contributed by atoms with Crippen molar-refractivity contribution in [1.29, 1.82) is 0 Å². The van der Waals surface area contributed by atoms with Gasteiger partial charge in [-0.15, -0.1) is 0 Å². The van der Waals surface area contributed by atoms with Crippen molar-refractivity contribution in [2.75, 3.05) is 6.54 Å². The largest absolute Gasteiger partial charge is 0.352 e. The summed E-state index contributed by atoms with van der Waals surface area (Å²) in [4.78, 5) is 11.4. The van der Waals surface area contributed by atoms with Crippen LogP contribution in [0.1, 0.15) is 40.0 Å². The first-order chi connectivity index (χ1) is 6.67. The lowest BCUT2D eigenvalue weighted by atomic mass is 10.2. The van der Waals surface area contributed by atoms with Crippen molar-refractivity contribution < 1.29 is 4.79 Å². The molecule has 0 heterocycles. The van der Waals surface area contributed by atoms with Crippen LogP contribution in [-0.2, 0) is 4.79 Å². The highest BCUT2D eigenvalue weighted by atomic mass is 16.1. The SMILES string of the molecule is CCC(CC)NC(=O)CNC1CC1C. The van der Waals surface area contributed by atoms with Gasteiger partial charge in [0.1, 0.15) is 0 Å². The molecule has 0 radical (unpaired) electrons. The monoisotopic (exact) mass is 198 g/mol. The molecule has 14 heavy (non-hydrogen) atoms. The number of amides is 1. The van der Waals surface area contributed by atoms with Gasteiger partial charge in [0.05, 0.1) is 6.54 Å². The Morgan fingerprint density at radius 2 is 2.00 bits per heavy atom. The fourth-order valence-corrected chi connectivity index (χ4v) is 1.60. The van der Waals surface area contributed by atoms with E-state index in [4.69, 9.17) is 0 Å². The molecule has 1 rings (SSSR count). The zero-order chi connectivity index (χ0) is 10.6. The van der Waals surface area contributed by atoms with Crippen molar-refractivity contribution in [2.45, 2.75) is 52.1 Å². The number of carbonyl (C=O) groups is 1. The Morgan fingerprint density at radius 1 is 1.43 bits per heavy atom. The Morgan fingerprint density at radius 3 is 2.43 bits per heavy atom. The standard InChI is InChI=1S/C11H22N2O/c1-4-9(5-2)13-11(14)7-12-10-6-8(10)3/h8-10,12H,4-7H2,1-3H3,(H,13,14). The molecule has 3 heteroatoms. The van der Waals surface area contributed by atoms with Crippen LogP contribution in [-0.4, -0.2) is 24.5 Å². The zero-order valence-corrected chi connectivity index (χ0v) is 9.47. The summed E-state index contributed by atoms with van der Waals surface area (Å²) in [6, 6.07) is 0.934. The lowest BCUT2D eigenvalue weighted by Gasteiger charge is -2.14. The molecule has 2 unspecified atom stereocenters. The molecule has 0 bridgehead atoms. The van der Waals surface area contributed by atoms with E-state index in [0.717, 1.165) is 18.8 Å². The second kappa shape index (κ2) is 5.35. The smallest absolute Gasteiger partial charge is 0.234 e. The van der Waals surface area contributed by atoms with E-state index in [1.165, 1.54) is 6.42 Å². The third kappa shape index (κ3) is 3.66. The van der Waals surface area contributed by atoms with Gasteiger partial charge < -0.3 is 10.6 Å². The molecule has 2 atom stereocenters. The number of carbonyl (C=O) groups excluding carboxylic acids is 1. The van der Waals surface area contributed by atoms with Gasteiger partial charge in [-0.25, -0.2) is 0 Å². The van der Waals surface area contributed by atoms with Crippen LogP contribution in [0.2, 0.25) is 0 Å². The Labute approximate surface area is 86.6 Å². The Balaban J connectivity index is 2.08. The summed E-state index contributed by atoms with van der Waals surface area (Å²) >= 11 is 0. The molecule has 1 aliphatic rings. The normalized spacial score (nSPS) is 25.1. The van der Waals surface area contributed by atoms with E-state index >= 15 is 0 Å². The molecule has 1 fully saturated rings. The molecule has 0 spiro atoms. The first-order valence-corrected chi connectivity index (χ1v) is 5.70. The summed E-state index contributed by atoms with van der Waals surface area (Å²) in [5.41, 5.74) is 0. The van der Waals surface area contributed by atoms with E-state index in [0.29, 0.717) is 18.6 Å². The molecule has 1 amide bonds. The van der Waals surface area contributed by atoms with Crippen LogP contribution in [0, 0.1) is 5.92 Å². The van der Waals surface area contributed by atoms with E-state index in [2.05, 4.69) is 31.4 Å². The van der Waals surface area contributed by atoms with E-state index < -0.39 is 0 Å². The van der Waals surface area contributed by atoms with E-state index in [1.807, 2.05) is 0 Å². The molecule has 82 valence electrons. The zero-order valence-electron chi connectivity index (χ0n) is 9.47. The summed E-state index contributed by atoms with van der Waals surface area (Å²) in [5, 5.41) is 6.26. The summed E-state index contributed by atoms with van der Waals surface area (Å²) in [6.07, 6.45) is 3.25. The third-order valence-corrected chi connectivity index (χ3v) is 2.98. The predicted octanol–water partition coefficient (Wildman–Crippen LogP) is 1.29. The lowest BCUT2D eigenvalue weighted by molar-refractivity contribution is -0.121. The van der Waals surface area contributed by atoms with Crippen molar-refractivity contribution in [3.63, 3.8) is 0 Å². The maximum atomic E-state index is 11.4. The molecular weight excluding hydrogens is 176 g/mol. The average Bonchev–Trinajstić information content (AvgIpc) is 2.88. The second-order valence-corrected chi connectivity index (χ2v) is 4.28. The first-order valence-electron chi connectivity index (χ1n) is 5.70. The minimum Gasteiger partial charge on any atom is -0.352 e. The summed E-state index contributed by atoms with van der Waals surface area (Å²) in [7, 11) is 0. The summed E-state index contributed by atoms with van der Waals surface area (Å²) in [6.45, 7) is 6.89. The van der Waals surface area contributed by atoms with Gasteiger partial charge in [-0.2, -0.15) is 0 Å². The highest BCUT2D eigenvalue weighted by Gasteiger charge is 2.32. The van der Waals surface area contributed by atoms with Crippen LogP contribution in [0.25, 0.3) is 0 Å².